The van der Waals surface area contributed by atoms with E-state index in [1.54, 1.807) is 0 Å². The molecule has 2 aliphatic heterocycles. The van der Waals surface area contributed by atoms with Crippen LogP contribution >= 0.6 is 0 Å². The Morgan fingerprint density at radius 2 is 2.00 bits per heavy atom. The molecule has 0 aromatic carbocycles. The molecule has 0 amide bonds. The summed E-state index contributed by atoms with van der Waals surface area (Å²) in [5.41, 5.74) is 0. The smallest absolute Gasteiger partial charge is 0.163 e. The molecule has 0 aliphatic carbocycles. The summed E-state index contributed by atoms with van der Waals surface area (Å²) in [4.78, 5) is 0. The van der Waals surface area contributed by atoms with Crippen LogP contribution in [0.3, 0.4) is 0 Å². The lowest BCUT2D eigenvalue weighted by molar-refractivity contribution is -0.193. The van der Waals surface area contributed by atoms with Gasteiger partial charge in [-0.25, -0.2) is 0 Å². The van der Waals surface area contributed by atoms with Gasteiger partial charge < -0.3 is 18.9 Å². The molecule has 2 saturated heterocycles. The van der Waals surface area contributed by atoms with Crippen molar-refractivity contribution in [2.75, 3.05) is 13.2 Å². The van der Waals surface area contributed by atoms with Crippen LogP contribution in [0.2, 0.25) is 0 Å². The van der Waals surface area contributed by atoms with Crippen molar-refractivity contribution in [1.29, 1.82) is 0 Å². The van der Waals surface area contributed by atoms with Crippen LogP contribution in [0.25, 0.3) is 0 Å². The Morgan fingerprint density at radius 3 is 2.71 bits per heavy atom. The van der Waals surface area contributed by atoms with Crippen LogP contribution in [0.15, 0.2) is 0 Å². The molecule has 0 N–H and O–H groups in total. The molecule has 4 heteroatoms. The molecule has 3 atom stereocenters. The fraction of sp³-hybridized carbons (Fsp3) is 1.00. The van der Waals surface area contributed by atoms with Gasteiger partial charge in [0.15, 0.2) is 12.1 Å². The second kappa shape index (κ2) is 3.77. The maximum Gasteiger partial charge on any atom is 0.163 e. The lowest BCUT2D eigenvalue weighted by atomic mass is 10.1. The monoisotopic (exact) mass is 202 g/mol. The first-order chi connectivity index (χ1) is 6.61. The summed E-state index contributed by atoms with van der Waals surface area (Å²) >= 11 is 0. The van der Waals surface area contributed by atoms with Crippen LogP contribution in [0.1, 0.15) is 27.2 Å². The number of hydrogen-bond donors (Lipinski definition) is 0. The zero-order valence-corrected chi connectivity index (χ0v) is 8.99. The van der Waals surface area contributed by atoms with E-state index in [2.05, 4.69) is 0 Å². The predicted molar refractivity (Wildman–Crippen MR) is 49.8 cm³/mol. The Balaban J connectivity index is 1.91. The lowest BCUT2D eigenvalue weighted by Gasteiger charge is -2.29. The van der Waals surface area contributed by atoms with Gasteiger partial charge in [0.05, 0.1) is 12.7 Å². The highest BCUT2D eigenvalue weighted by atomic mass is 16.8. The van der Waals surface area contributed by atoms with Crippen molar-refractivity contribution >= 4 is 0 Å². The molecule has 2 heterocycles. The number of ether oxygens (including phenoxy) is 4. The molecule has 0 aromatic heterocycles. The Bertz CT molecular complexity index is 204. The van der Waals surface area contributed by atoms with Gasteiger partial charge in [-0.05, 0) is 20.8 Å². The van der Waals surface area contributed by atoms with Crippen molar-refractivity contribution in [3.8, 4) is 0 Å². The number of rotatable bonds is 2. The highest BCUT2D eigenvalue weighted by Gasteiger charge is 2.45. The van der Waals surface area contributed by atoms with E-state index in [-0.39, 0.29) is 18.5 Å². The Labute approximate surface area is 84.5 Å². The minimum Gasteiger partial charge on any atom is -0.353 e. The SMILES string of the molecule is CCOC1CC2OC(C)(C)OC2CO1. The zero-order chi connectivity index (χ0) is 10.2. The first-order valence-corrected chi connectivity index (χ1v) is 5.19. The molecule has 2 rings (SSSR count). The largest absolute Gasteiger partial charge is 0.353 e. The van der Waals surface area contributed by atoms with Gasteiger partial charge in [0.2, 0.25) is 0 Å². The van der Waals surface area contributed by atoms with Crippen molar-refractivity contribution in [2.45, 2.75) is 51.5 Å². The maximum absolute atomic E-state index is 5.75. The Morgan fingerprint density at radius 1 is 1.29 bits per heavy atom. The fourth-order valence-electron chi connectivity index (χ4n) is 2.01. The molecular weight excluding hydrogens is 184 g/mol. The van der Waals surface area contributed by atoms with Crippen molar-refractivity contribution < 1.29 is 18.9 Å². The van der Waals surface area contributed by atoms with Crippen molar-refractivity contribution in [3.63, 3.8) is 0 Å². The summed E-state index contributed by atoms with van der Waals surface area (Å²) < 4.78 is 22.3. The van der Waals surface area contributed by atoms with Crippen molar-refractivity contribution in [3.05, 3.63) is 0 Å². The molecule has 14 heavy (non-hydrogen) atoms. The number of hydrogen-bond acceptors (Lipinski definition) is 4. The standard InChI is InChI=1S/C10H18O4/c1-4-11-9-5-7-8(6-12-9)14-10(2,3)13-7/h7-9H,4-6H2,1-3H3. The minimum atomic E-state index is -0.472. The molecule has 0 radical (unpaired) electrons. The predicted octanol–water partition coefficient (Wildman–Crippen LogP) is 1.29. The third-order valence-corrected chi connectivity index (χ3v) is 2.51. The van der Waals surface area contributed by atoms with E-state index < -0.39 is 5.79 Å². The van der Waals surface area contributed by atoms with Gasteiger partial charge in [-0.3, -0.25) is 0 Å². The van der Waals surface area contributed by atoms with Gasteiger partial charge in [-0.15, -0.1) is 0 Å². The van der Waals surface area contributed by atoms with E-state index in [0.29, 0.717) is 13.2 Å². The molecule has 0 saturated carbocycles. The van der Waals surface area contributed by atoms with Gasteiger partial charge in [0.1, 0.15) is 6.10 Å². The van der Waals surface area contributed by atoms with Crippen LogP contribution in [-0.2, 0) is 18.9 Å². The summed E-state index contributed by atoms with van der Waals surface area (Å²) in [5.74, 6) is -0.472. The fourth-order valence-corrected chi connectivity index (χ4v) is 2.01. The summed E-state index contributed by atoms with van der Waals surface area (Å²) in [6.45, 7) is 7.07. The molecule has 4 nitrogen and oxygen atoms in total. The van der Waals surface area contributed by atoms with Gasteiger partial charge >= 0.3 is 0 Å². The van der Waals surface area contributed by atoms with Gasteiger partial charge in [0.25, 0.3) is 0 Å². The molecule has 82 valence electrons. The molecule has 2 fully saturated rings. The normalized spacial score (nSPS) is 40.9. The molecule has 2 aliphatic rings. The summed E-state index contributed by atoms with van der Waals surface area (Å²) in [6, 6.07) is 0. The third kappa shape index (κ3) is 2.08. The highest BCUT2D eigenvalue weighted by Crippen LogP contribution is 2.34. The summed E-state index contributed by atoms with van der Waals surface area (Å²) in [6.07, 6.45) is 0.831. The van der Waals surface area contributed by atoms with E-state index in [9.17, 15) is 0 Å². The van der Waals surface area contributed by atoms with Crippen LogP contribution in [-0.4, -0.2) is 37.5 Å². The van der Waals surface area contributed by atoms with E-state index >= 15 is 0 Å². The van der Waals surface area contributed by atoms with Crippen molar-refractivity contribution in [2.24, 2.45) is 0 Å². The Kier molecular flexibility index (Phi) is 2.79. The third-order valence-electron chi connectivity index (χ3n) is 2.51. The molecular formula is C10H18O4. The zero-order valence-electron chi connectivity index (χ0n) is 8.99. The van der Waals surface area contributed by atoms with Crippen LogP contribution in [0.5, 0.6) is 0 Å². The summed E-state index contributed by atoms with van der Waals surface area (Å²) in [7, 11) is 0. The molecule has 0 spiro atoms. The molecule has 0 bridgehead atoms. The number of fused-ring (bicyclic) bond motifs is 1. The lowest BCUT2D eigenvalue weighted by Crippen LogP contribution is -2.40. The summed E-state index contributed by atoms with van der Waals surface area (Å²) in [5, 5.41) is 0. The first kappa shape index (κ1) is 10.4. The average molecular weight is 202 g/mol. The van der Waals surface area contributed by atoms with E-state index in [0.717, 1.165) is 6.42 Å². The Hall–Kier alpha value is -0.160. The quantitative estimate of drug-likeness (QED) is 0.676. The van der Waals surface area contributed by atoms with E-state index in [1.807, 2.05) is 20.8 Å². The second-order valence-corrected chi connectivity index (χ2v) is 4.17. The van der Waals surface area contributed by atoms with E-state index in [1.165, 1.54) is 0 Å². The van der Waals surface area contributed by atoms with E-state index in [4.69, 9.17) is 18.9 Å². The average Bonchev–Trinajstić information content (AvgIpc) is 2.38. The van der Waals surface area contributed by atoms with Crippen LogP contribution in [0, 0.1) is 0 Å². The van der Waals surface area contributed by atoms with Crippen molar-refractivity contribution in [1.82, 2.24) is 0 Å². The van der Waals surface area contributed by atoms with Gasteiger partial charge in [-0.1, -0.05) is 0 Å². The topological polar surface area (TPSA) is 36.9 Å². The van der Waals surface area contributed by atoms with Crippen LogP contribution < -0.4 is 0 Å². The van der Waals surface area contributed by atoms with Gasteiger partial charge in [-0.2, -0.15) is 0 Å². The maximum atomic E-state index is 5.75. The van der Waals surface area contributed by atoms with Gasteiger partial charge in [0, 0.05) is 13.0 Å². The minimum absolute atomic E-state index is 0.0710. The second-order valence-electron chi connectivity index (χ2n) is 4.17. The highest BCUT2D eigenvalue weighted by molar-refractivity contribution is 4.85. The molecule has 3 unspecified atom stereocenters. The molecule has 0 aromatic rings. The first-order valence-electron chi connectivity index (χ1n) is 5.19. The van der Waals surface area contributed by atoms with Crippen LogP contribution in [0.4, 0.5) is 0 Å².